The summed E-state index contributed by atoms with van der Waals surface area (Å²) in [5, 5.41) is 0. The average molecular weight is 186 g/mol. The van der Waals surface area contributed by atoms with Crippen molar-refractivity contribution in [3.63, 3.8) is 0 Å². The van der Waals surface area contributed by atoms with Crippen molar-refractivity contribution < 1.29 is 4.79 Å². The van der Waals surface area contributed by atoms with E-state index in [0.717, 1.165) is 25.7 Å². The monoisotopic (exact) mass is 186 g/mol. The van der Waals surface area contributed by atoms with Crippen LogP contribution in [0.25, 0.3) is 0 Å². The molecule has 1 saturated carbocycles. The van der Waals surface area contributed by atoms with Gasteiger partial charge in [-0.1, -0.05) is 24.3 Å². The molecule has 1 heteroatoms. The van der Waals surface area contributed by atoms with Gasteiger partial charge in [-0.25, -0.2) is 0 Å². The molecule has 1 fully saturated rings. The Kier molecular flexibility index (Phi) is 1.58. The maximum atomic E-state index is 11.8. The topological polar surface area (TPSA) is 17.1 Å². The Balaban J connectivity index is 2.15. The van der Waals surface area contributed by atoms with E-state index in [1.165, 1.54) is 17.5 Å². The van der Waals surface area contributed by atoms with Crippen molar-refractivity contribution in [2.45, 2.75) is 37.5 Å². The maximum absolute atomic E-state index is 11.8. The number of carbonyl (C=O) groups is 1. The van der Waals surface area contributed by atoms with Crippen LogP contribution >= 0.6 is 0 Å². The minimum atomic E-state index is -0.0468. The van der Waals surface area contributed by atoms with Crippen LogP contribution in [-0.4, -0.2) is 5.78 Å². The van der Waals surface area contributed by atoms with Gasteiger partial charge in [-0.3, -0.25) is 4.79 Å². The predicted molar refractivity (Wildman–Crippen MR) is 55.3 cm³/mol. The number of hydrogen-bond donors (Lipinski definition) is 0. The second-order valence-corrected chi connectivity index (χ2v) is 4.52. The molecule has 0 unspecified atom stereocenters. The van der Waals surface area contributed by atoms with E-state index < -0.39 is 0 Å². The van der Waals surface area contributed by atoms with Crippen molar-refractivity contribution in [1.29, 1.82) is 0 Å². The van der Waals surface area contributed by atoms with Gasteiger partial charge in [-0.05, 0) is 36.8 Å². The lowest BCUT2D eigenvalue weighted by Crippen LogP contribution is -2.47. The molecule has 0 saturated heterocycles. The largest absolute Gasteiger partial charge is 0.299 e. The molecule has 1 aromatic rings. The van der Waals surface area contributed by atoms with Crippen LogP contribution in [0, 0.1) is 0 Å². The Morgan fingerprint density at radius 3 is 2.64 bits per heavy atom. The number of aryl methyl sites for hydroxylation is 1. The summed E-state index contributed by atoms with van der Waals surface area (Å²) < 4.78 is 0. The standard InChI is InChI=1S/C13H14O/c14-12-7-9-13(12)8-3-5-10-4-1-2-6-11(10)13/h1-2,4,6H,3,5,7-9H2/t13-/m0/s1. The molecule has 2 aliphatic rings. The van der Waals surface area contributed by atoms with Crippen LogP contribution in [0.4, 0.5) is 0 Å². The molecular weight excluding hydrogens is 172 g/mol. The Morgan fingerprint density at radius 2 is 1.93 bits per heavy atom. The lowest BCUT2D eigenvalue weighted by Gasteiger charge is -2.44. The molecule has 1 aromatic carbocycles. The van der Waals surface area contributed by atoms with Crippen LogP contribution in [0.1, 0.15) is 36.8 Å². The van der Waals surface area contributed by atoms with Gasteiger partial charge >= 0.3 is 0 Å². The normalized spacial score (nSPS) is 29.9. The van der Waals surface area contributed by atoms with Gasteiger partial charge in [-0.15, -0.1) is 0 Å². The predicted octanol–water partition coefficient (Wildman–Crippen LogP) is 2.62. The van der Waals surface area contributed by atoms with Crippen molar-refractivity contribution in [3.8, 4) is 0 Å². The molecule has 2 aliphatic carbocycles. The first-order chi connectivity index (χ1) is 6.83. The van der Waals surface area contributed by atoms with E-state index in [0.29, 0.717) is 5.78 Å². The third-order valence-electron chi connectivity index (χ3n) is 3.90. The summed E-state index contributed by atoms with van der Waals surface area (Å²) >= 11 is 0. The van der Waals surface area contributed by atoms with Gasteiger partial charge in [0, 0.05) is 6.42 Å². The number of benzene rings is 1. The van der Waals surface area contributed by atoms with Gasteiger partial charge in [0.2, 0.25) is 0 Å². The van der Waals surface area contributed by atoms with Crippen molar-refractivity contribution in [2.24, 2.45) is 0 Å². The Hall–Kier alpha value is -1.11. The number of rotatable bonds is 0. The minimum Gasteiger partial charge on any atom is -0.299 e. The molecule has 14 heavy (non-hydrogen) atoms. The van der Waals surface area contributed by atoms with E-state index in [2.05, 4.69) is 24.3 Å². The van der Waals surface area contributed by atoms with Gasteiger partial charge in [0.25, 0.3) is 0 Å². The zero-order chi connectivity index (χ0) is 9.60. The number of ketones is 1. The third-order valence-corrected chi connectivity index (χ3v) is 3.90. The molecule has 0 aromatic heterocycles. The van der Waals surface area contributed by atoms with Crippen molar-refractivity contribution >= 4 is 5.78 Å². The van der Waals surface area contributed by atoms with Gasteiger partial charge in [0.1, 0.15) is 5.78 Å². The van der Waals surface area contributed by atoms with E-state index in [1.54, 1.807) is 0 Å². The summed E-state index contributed by atoms with van der Waals surface area (Å²) in [4.78, 5) is 11.8. The fourth-order valence-corrected chi connectivity index (χ4v) is 3.00. The molecule has 0 radical (unpaired) electrons. The maximum Gasteiger partial charge on any atom is 0.143 e. The Bertz CT molecular complexity index is 394. The summed E-state index contributed by atoms with van der Waals surface area (Å²) in [6.45, 7) is 0. The first-order valence-electron chi connectivity index (χ1n) is 5.45. The van der Waals surface area contributed by atoms with Crippen LogP contribution in [0.15, 0.2) is 24.3 Å². The second-order valence-electron chi connectivity index (χ2n) is 4.52. The molecule has 1 atom stereocenters. The fraction of sp³-hybridized carbons (Fsp3) is 0.462. The van der Waals surface area contributed by atoms with Crippen molar-refractivity contribution in [3.05, 3.63) is 35.4 Å². The summed E-state index contributed by atoms with van der Waals surface area (Å²) in [6.07, 6.45) is 5.31. The first-order valence-corrected chi connectivity index (χ1v) is 5.45. The van der Waals surface area contributed by atoms with Crippen LogP contribution in [0.5, 0.6) is 0 Å². The average Bonchev–Trinajstić information content (AvgIpc) is 2.26. The molecule has 0 amide bonds. The SMILES string of the molecule is O=C1CC[C@]12CCCc1ccccc12. The molecule has 1 nitrogen and oxygen atoms in total. The van der Waals surface area contributed by atoms with Crippen LogP contribution in [0.3, 0.4) is 0 Å². The van der Waals surface area contributed by atoms with Gasteiger partial charge in [0.15, 0.2) is 0 Å². The number of Topliss-reactive ketones (excluding diaryl/α,β-unsaturated/α-hetero) is 1. The third kappa shape index (κ3) is 0.875. The van der Waals surface area contributed by atoms with Crippen LogP contribution < -0.4 is 0 Å². The number of hydrogen-bond acceptors (Lipinski definition) is 1. The molecular formula is C13H14O. The summed E-state index contributed by atoms with van der Waals surface area (Å²) in [5.74, 6) is 0.477. The van der Waals surface area contributed by atoms with Crippen molar-refractivity contribution in [2.75, 3.05) is 0 Å². The van der Waals surface area contributed by atoms with Crippen LogP contribution in [-0.2, 0) is 16.6 Å². The zero-order valence-corrected chi connectivity index (χ0v) is 8.25. The molecule has 3 rings (SSSR count). The van der Waals surface area contributed by atoms with E-state index in [4.69, 9.17) is 0 Å². The number of fused-ring (bicyclic) bond motifs is 2. The highest BCUT2D eigenvalue weighted by molar-refractivity contribution is 5.96. The lowest BCUT2D eigenvalue weighted by atomic mass is 9.57. The molecule has 1 spiro atoms. The van der Waals surface area contributed by atoms with E-state index >= 15 is 0 Å². The van der Waals surface area contributed by atoms with Crippen LogP contribution in [0.2, 0.25) is 0 Å². The van der Waals surface area contributed by atoms with Gasteiger partial charge in [0.05, 0.1) is 5.41 Å². The first kappa shape index (κ1) is 8.22. The summed E-state index contributed by atoms with van der Waals surface area (Å²) in [7, 11) is 0. The van der Waals surface area contributed by atoms with Gasteiger partial charge < -0.3 is 0 Å². The molecule has 72 valence electrons. The Labute approximate surface area is 84.1 Å². The lowest BCUT2D eigenvalue weighted by molar-refractivity contribution is -0.132. The van der Waals surface area contributed by atoms with Crippen molar-refractivity contribution in [1.82, 2.24) is 0 Å². The smallest absolute Gasteiger partial charge is 0.143 e. The molecule has 0 bridgehead atoms. The van der Waals surface area contributed by atoms with E-state index in [9.17, 15) is 4.79 Å². The summed E-state index contributed by atoms with van der Waals surface area (Å²) in [6, 6.07) is 8.49. The quantitative estimate of drug-likeness (QED) is 0.608. The second kappa shape index (κ2) is 2.69. The molecule has 0 heterocycles. The van der Waals surface area contributed by atoms with Gasteiger partial charge in [-0.2, -0.15) is 0 Å². The highest BCUT2D eigenvalue weighted by Gasteiger charge is 2.48. The summed E-state index contributed by atoms with van der Waals surface area (Å²) in [5.41, 5.74) is 2.70. The Morgan fingerprint density at radius 1 is 1.07 bits per heavy atom. The highest BCUT2D eigenvalue weighted by atomic mass is 16.1. The minimum absolute atomic E-state index is 0.0468. The zero-order valence-electron chi connectivity index (χ0n) is 8.25. The highest BCUT2D eigenvalue weighted by Crippen LogP contribution is 2.48. The number of carbonyl (C=O) groups excluding carboxylic acids is 1. The molecule has 0 aliphatic heterocycles. The van der Waals surface area contributed by atoms with E-state index in [-0.39, 0.29) is 5.41 Å². The molecule has 0 N–H and O–H groups in total. The van der Waals surface area contributed by atoms with E-state index in [1.807, 2.05) is 0 Å². The fourth-order valence-electron chi connectivity index (χ4n) is 3.00.